The first-order valence-corrected chi connectivity index (χ1v) is 6.73. The lowest BCUT2D eigenvalue weighted by molar-refractivity contribution is 0.170. The Labute approximate surface area is 110 Å². The minimum absolute atomic E-state index is 0.370. The van der Waals surface area contributed by atoms with Crippen LogP contribution in [-0.2, 0) is 0 Å². The molecule has 100 valence electrons. The van der Waals surface area contributed by atoms with Gasteiger partial charge in [-0.3, -0.25) is 4.90 Å². The SMILES string of the molecule is COc1cccc(C(C)N(C)C(CN)C2CC2)c1. The third kappa shape index (κ3) is 2.85. The van der Waals surface area contributed by atoms with E-state index in [1.165, 1.54) is 18.4 Å². The average molecular weight is 248 g/mol. The molecule has 18 heavy (non-hydrogen) atoms. The molecule has 0 bridgehead atoms. The van der Waals surface area contributed by atoms with Gasteiger partial charge < -0.3 is 10.5 Å². The number of benzene rings is 1. The van der Waals surface area contributed by atoms with Crippen molar-refractivity contribution < 1.29 is 4.74 Å². The van der Waals surface area contributed by atoms with Gasteiger partial charge in [-0.05, 0) is 50.4 Å². The topological polar surface area (TPSA) is 38.5 Å². The minimum atomic E-state index is 0.370. The van der Waals surface area contributed by atoms with E-state index in [1.807, 2.05) is 12.1 Å². The Bertz CT molecular complexity index is 390. The van der Waals surface area contributed by atoms with Crippen molar-refractivity contribution in [2.45, 2.75) is 31.8 Å². The Balaban J connectivity index is 2.10. The Kier molecular flexibility index (Phi) is 4.25. The normalized spacial score (nSPS) is 18.7. The molecule has 2 unspecified atom stereocenters. The summed E-state index contributed by atoms with van der Waals surface area (Å²) >= 11 is 0. The molecule has 0 spiro atoms. The molecule has 0 heterocycles. The van der Waals surface area contributed by atoms with E-state index in [-0.39, 0.29) is 0 Å². The number of hydrogen-bond acceptors (Lipinski definition) is 3. The van der Waals surface area contributed by atoms with Gasteiger partial charge in [0, 0.05) is 18.6 Å². The fourth-order valence-corrected chi connectivity index (χ4v) is 2.60. The lowest BCUT2D eigenvalue weighted by atomic mass is 10.0. The summed E-state index contributed by atoms with van der Waals surface area (Å²) < 4.78 is 5.29. The van der Waals surface area contributed by atoms with Crippen molar-refractivity contribution in [1.82, 2.24) is 4.90 Å². The van der Waals surface area contributed by atoms with Crippen LogP contribution in [0.4, 0.5) is 0 Å². The molecular weight excluding hydrogens is 224 g/mol. The van der Waals surface area contributed by atoms with Crippen LogP contribution in [0.3, 0.4) is 0 Å². The molecule has 1 aliphatic carbocycles. The summed E-state index contributed by atoms with van der Waals surface area (Å²) in [5.74, 6) is 1.72. The first kappa shape index (κ1) is 13.4. The predicted molar refractivity (Wildman–Crippen MR) is 74.7 cm³/mol. The molecule has 0 amide bonds. The van der Waals surface area contributed by atoms with Crippen LogP contribution in [-0.4, -0.2) is 31.6 Å². The lowest BCUT2D eigenvalue weighted by Gasteiger charge is -2.33. The van der Waals surface area contributed by atoms with Crippen molar-refractivity contribution in [2.75, 3.05) is 20.7 Å². The number of likely N-dealkylation sites (N-methyl/N-ethyl adjacent to an activating group) is 1. The second kappa shape index (κ2) is 5.72. The molecule has 2 rings (SSSR count). The number of ether oxygens (including phenoxy) is 1. The fraction of sp³-hybridized carbons (Fsp3) is 0.600. The first-order valence-electron chi connectivity index (χ1n) is 6.73. The highest BCUT2D eigenvalue weighted by atomic mass is 16.5. The van der Waals surface area contributed by atoms with Gasteiger partial charge in [-0.15, -0.1) is 0 Å². The maximum Gasteiger partial charge on any atom is 0.119 e. The molecule has 1 aromatic rings. The summed E-state index contributed by atoms with van der Waals surface area (Å²) in [7, 11) is 3.89. The largest absolute Gasteiger partial charge is 0.497 e. The highest BCUT2D eigenvalue weighted by molar-refractivity contribution is 5.30. The van der Waals surface area contributed by atoms with Crippen molar-refractivity contribution in [3.63, 3.8) is 0 Å². The summed E-state index contributed by atoms with van der Waals surface area (Å²) in [4.78, 5) is 2.41. The van der Waals surface area contributed by atoms with Crippen molar-refractivity contribution in [3.05, 3.63) is 29.8 Å². The number of hydrogen-bond donors (Lipinski definition) is 1. The Morgan fingerprint density at radius 1 is 1.44 bits per heavy atom. The molecule has 0 radical (unpaired) electrons. The first-order chi connectivity index (χ1) is 8.67. The van der Waals surface area contributed by atoms with E-state index in [9.17, 15) is 0 Å². The predicted octanol–water partition coefficient (Wildman–Crippen LogP) is 2.43. The van der Waals surface area contributed by atoms with Gasteiger partial charge in [-0.25, -0.2) is 0 Å². The molecule has 0 saturated heterocycles. The standard InChI is InChI=1S/C15H24N2O/c1-11(13-5-4-6-14(9-13)18-3)17(2)15(10-16)12-7-8-12/h4-6,9,11-12,15H,7-8,10,16H2,1-3H3. The zero-order chi connectivity index (χ0) is 13.1. The van der Waals surface area contributed by atoms with Gasteiger partial charge in [0.2, 0.25) is 0 Å². The lowest BCUT2D eigenvalue weighted by Crippen LogP contribution is -2.41. The Morgan fingerprint density at radius 3 is 2.72 bits per heavy atom. The molecule has 1 saturated carbocycles. The van der Waals surface area contributed by atoms with Gasteiger partial charge >= 0.3 is 0 Å². The van der Waals surface area contributed by atoms with Gasteiger partial charge in [0.15, 0.2) is 0 Å². The molecule has 2 N–H and O–H groups in total. The second-order valence-corrected chi connectivity index (χ2v) is 5.26. The fourth-order valence-electron chi connectivity index (χ4n) is 2.60. The number of rotatable bonds is 6. The van der Waals surface area contributed by atoms with Crippen molar-refractivity contribution in [2.24, 2.45) is 11.7 Å². The average Bonchev–Trinajstić information content (AvgIpc) is 3.23. The van der Waals surface area contributed by atoms with Crippen LogP contribution in [0, 0.1) is 5.92 Å². The zero-order valence-electron chi connectivity index (χ0n) is 11.6. The Morgan fingerprint density at radius 2 is 2.17 bits per heavy atom. The molecule has 1 aliphatic rings. The number of nitrogens with zero attached hydrogens (tertiary/aromatic N) is 1. The highest BCUT2D eigenvalue weighted by Crippen LogP contribution is 2.37. The summed E-state index contributed by atoms with van der Waals surface area (Å²) in [6, 6.07) is 9.18. The number of nitrogens with two attached hydrogens (primary N) is 1. The van der Waals surface area contributed by atoms with Crippen molar-refractivity contribution in [1.29, 1.82) is 0 Å². The molecule has 0 aromatic heterocycles. The van der Waals surface area contributed by atoms with E-state index in [1.54, 1.807) is 7.11 Å². The summed E-state index contributed by atoms with van der Waals surface area (Å²) in [5, 5.41) is 0. The van der Waals surface area contributed by atoms with E-state index >= 15 is 0 Å². The molecule has 1 fully saturated rings. The van der Waals surface area contributed by atoms with Gasteiger partial charge in [0.05, 0.1) is 7.11 Å². The zero-order valence-corrected chi connectivity index (χ0v) is 11.6. The monoisotopic (exact) mass is 248 g/mol. The van der Waals surface area contributed by atoms with Gasteiger partial charge in [-0.1, -0.05) is 12.1 Å². The van der Waals surface area contributed by atoms with E-state index < -0.39 is 0 Å². The van der Waals surface area contributed by atoms with Gasteiger partial charge in [0.25, 0.3) is 0 Å². The van der Waals surface area contributed by atoms with Crippen LogP contribution in [0.25, 0.3) is 0 Å². The molecule has 3 nitrogen and oxygen atoms in total. The summed E-state index contributed by atoms with van der Waals surface area (Å²) in [6.07, 6.45) is 2.66. The molecule has 0 aliphatic heterocycles. The third-order valence-electron chi connectivity index (χ3n) is 4.12. The van der Waals surface area contributed by atoms with E-state index in [4.69, 9.17) is 10.5 Å². The van der Waals surface area contributed by atoms with Crippen LogP contribution in [0.5, 0.6) is 5.75 Å². The van der Waals surface area contributed by atoms with E-state index in [0.29, 0.717) is 12.1 Å². The van der Waals surface area contributed by atoms with Crippen LogP contribution in [0.2, 0.25) is 0 Å². The van der Waals surface area contributed by atoms with Gasteiger partial charge in [-0.2, -0.15) is 0 Å². The summed E-state index contributed by atoms with van der Waals surface area (Å²) in [6.45, 7) is 2.98. The second-order valence-electron chi connectivity index (χ2n) is 5.26. The minimum Gasteiger partial charge on any atom is -0.497 e. The highest BCUT2D eigenvalue weighted by Gasteiger charge is 2.34. The quantitative estimate of drug-likeness (QED) is 0.840. The third-order valence-corrected chi connectivity index (χ3v) is 4.12. The van der Waals surface area contributed by atoms with Crippen LogP contribution < -0.4 is 10.5 Å². The van der Waals surface area contributed by atoms with E-state index in [0.717, 1.165) is 18.2 Å². The summed E-state index contributed by atoms with van der Waals surface area (Å²) in [5.41, 5.74) is 7.21. The van der Waals surface area contributed by atoms with Gasteiger partial charge in [0.1, 0.15) is 5.75 Å². The van der Waals surface area contributed by atoms with Crippen LogP contribution in [0.15, 0.2) is 24.3 Å². The van der Waals surface area contributed by atoms with Crippen molar-refractivity contribution in [3.8, 4) is 5.75 Å². The molecule has 1 aromatic carbocycles. The van der Waals surface area contributed by atoms with E-state index in [2.05, 4.69) is 31.0 Å². The van der Waals surface area contributed by atoms with Crippen LogP contribution >= 0.6 is 0 Å². The molecular formula is C15H24N2O. The number of methoxy groups -OCH3 is 1. The smallest absolute Gasteiger partial charge is 0.119 e. The Hall–Kier alpha value is -1.06. The maximum atomic E-state index is 5.92. The molecule has 3 heteroatoms. The van der Waals surface area contributed by atoms with Crippen LogP contribution in [0.1, 0.15) is 31.4 Å². The van der Waals surface area contributed by atoms with Crippen molar-refractivity contribution >= 4 is 0 Å². The molecule has 2 atom stereocenters. The maximum absolute atomic E-state index is 5.92.